The Morgan fingerprint density at radius 3 is 2.10 bits per heavy atom. The van der Waals surface area contributed by atoms with Crippen molar-refractivity contribution in [1.29, 1.82) is 0 Å². The largest absolute Gasteiger partial charge is 0.480 e. The van der Waals surface area contributed by atoms with E-state index in [2.05, 4.69) is 10.6 Å². The number of nitrogens with one attached hydrogen (secondary N) is 2. The van der Waals surface area contributed by atoms with Gasteiger partial charge in [0.15, 0.2) is 0 Å². The van der Waals surface area contributed by atoms with Crippen LogP contribution in [-0.4, -0.2) is 44.6 Å². The molecule has 0 bridgehead atoms. The van der Waals surface area contributed by atoms with Crippen molar-refractivity contribution < 1.29 is 29.0 Å². The second-order valence-corrected chi connectivity index (χ2v) is 9.57. The zero-order valence-electron chi connectivity index (χ0n) is 17.0. The molecular weight excluding hydrogens is 419 g/mol. The quantitative estimate of drug-likeness (QED) is 0.373. The van der Waals surface area contributed by atoms with Crippen molar-refractivity contribution in [2.75, 3.05) is 6.29 Å². The van der Waals surface area contributed by atoms with Crippen molar-refractivity contribution in [3.8, 4) is 11.1 Å². The Balaban J connectivity index is 1.69. The van der Waals surface area contributed by atoms with E-state index < -0.39 is 37.3 Å². The van der Waals surface area contributed by atoms with Crippen LogP contribution in [0.2, 0.25) is 0 Å². The smallest absolute Gasteiger partial charge is 0.339 e. The predicted molar refractivity (Wildman–Crippen MR) is 116 cm³/mol. The standard InChI is InChI=1S/C22H27N2O6P/c25-20(26)19(14-16-8-10-18(11-9-16)17-6-2-1-3-7-17)24-21(27)22(12-4-5-13-22)23-15-31(28,29)30/h1-3,6-11,19,23H,4-5,12-15H2,(H,24,27)(H,25,26)(H2,28,29,30)/t19-/m0/s1. The molecular formula is C22H27N2O6P. The maximum absolute atomic E-state index is 12.9. The zero-order valence-corrected chi connectivity index (χ0v) is 17.9. The van der Waals surface area contributed by atoms with Crippen LogP contribution >= 0.6 is 7.60 Å². The number of hydrogen-bond acceptors (Lipinski definition) is 4. The summed E-state index contributed by atoms with van der Waals surface area (Å²) < 4.78 is 11.3. The summed E-state index contributed by atoms with van der Waals surface area (Å²) in [6.45, 7) is 0. The molecule has 1 aliphatic rings. The summed E-state index contributed by atoms with van der Waals surface area (Å²) in [5.41, 5.74) is 1.66. The fourth-order valence-corrected chi connectivity index (χ4v) is 4.42. The highest BCUT2D eigenvalue weighted by Crippen LogP contribution is 2.36. The van der Waals surface area contributed by atoms with E-state index >= 15 is 0 Å². The molecule has 1 fully saturated rings. The van der Waals surface area contributed by atoms with Crippen molar-refractivity contribution in [2.45, 2.75) is 43.7 Å². The summed E-state index contributed by atoms with van der Waals surface area (Å²) >= 11 is 0. The van der Waals surface area contributed by atoms with Gasteiger partial charge in [0.2, 0.25) is 5.91 Å². The molecule has 3 rings (SSSR count). The second kappa shape index (κ2) is 9.75. The summed E-state index contributed by atoms with van der Waals surface area (Å²) in [7, 11) is -4.35. The van der Waals surface area contributed by atoms with Gasteiger partial charge in [-0.05, 0) is 29.5 Å². The fraction of sp³-hybridized carbons (Fsp3) is 0.364. The Kier molecular flexibility index (Phi) is 7.28. The molecule has 1 atom stereocenters. The summed E-state index contributed by atoms with van der Waals surface area (Å²) in [4.78, 5) is 43.1. The third-order valence-electron chi connectivity index (χ3n) is 5.62. The lowest BCUT2D eigenvalue weighted by atomic mass is 9.95. The average molecular weight is 446 g/mol. The van der Waals surface area contributed by atoms with Gasteiger partial charge in [0.1, 0.15) is 6.04 Å². The first kappa shape index (κ1) is 23.2. The topological polar surface area (TPSA) is 136 Å². The molecule has 2 aromatic carbocycles. The van der Waals surface area contributed by atoms with Gasteiger partial charge in [-0.15, -0.1) is 0 Å². The summed E-state index contributed by atoms with van der Waals surface area (Å²) in [5, 5.41) is 14.9. The molecule has 166 valence electrons. The number of carbonyl (C=O) groups excluding carboxylic acids is 1. The number of carboxylic acids is 1. The van der Waals surface area contributed by atoms with Crippen molar-refractivity contribution in [1.82, 2.24) is 10.6 Å². The number of rotatable bonds is 9. The summed E-state index contributed by atoms with van der Waals surface area (Å²) in [5.74, 6) is -1.70. The number of carboxylic acid groups (broad SMARTS) is 1. The molecule has 9 heteroatoms. The van der Waals surface area contributed by atoms with Crippen LogP contribution in [-0.2, 0) is 20.6 Å². The first-order valence-electron chi connectivity index (χ1n) is 10.2. The average Bonchev–Trinajstić information content (AvgIpc) is 3.23. The van der Waals surface area contributed by atoms with Gasteiger partial charge in [0.25, 0.3) is 0 Å². The number of aliphatic carboxylic acids is 1. The molecule has 1 amide bonds. The van der Waals surface area contributed by atoms with E-state index in [1.807, 2.05) is 54.6 Å². The molecule has 5 N–H and O–H groups in total. The molecule has 0 aliphatic heterocycles. The van der Waals surface area contributed by atoms with Crippen LogP contribution in [0, 0.1) is 0 Å². The Morgan fingerprint density at radius 2 is 1.55 bits per heavy atom. The Morgan fingerprint density at radius 1 is 0.968 bits per heavy atom. The molecule has 2 aromatic rings. The minimum absolute atomic E-state index is 0.102. The number of benzene rings is 2. The SMILES string of the molecule is O=C(O)[C@H](Cc1ccc(-c2ccccc2)cc1)NC(=O)C1(NCP(=O)(O)O)CCCC1. The third kappa shape index (κ3) is 6.24. The van der Waals surface area contributed by atoms with Gasteiger partial charge in [-0.2, -0.15) is 0 Å². The molecule has 0 saturated heterocycles. The molecule has 0 radical (unpaired) electrons. The van der Waals surface area contributed by atoms with Crippen LogP contribution in [0.15, 0.2) is 54.6 Å². The van der Waals surface area contributed by atoms with Crippen molar-refractivity contribution in [2.24, 2.45) is 0 Å². The van der Waals surface area contributed by atoms with Gasteiger partial charge < -0.3 is 20.2 Å². The fourth-order valence-electron chi connectivity index (χ4n) is 3.91. The lowest BCUT2D eigenvalue weighted by Gasteiger charge is -2.30. The van der Waals surface area contributed by atoms with Gasteiger partial charge in [-0.3, -0.25) is 14.7 Å². The number of carbonyl (C=O) groups is 2. The molecule has 8 nitrogen and oxygen atoms in total. The maximum atomic E-state index is 12.9. The van der Waals surface area contributed by atoms with E-state index in [1.165, 1.54) is 0 Å². The van der Waals surface area contributed by atoms with E-state index in [-0.39, 0.29) is 6.42 Å². The summed E-state index contributed by atoms with van der Waals surface area (Å²) in [6, 6.07) is 16.1. The molecule has 0 unspecified atom stereocenters. The van der Waals surface area contributed by atoms with Crippen LogP contribution in [0.25, 0.3) is 11.1 Å². The first-order chi connectivity index (χ1) is 14.7. The minimum atomic E-state index is -4.35. The van der Waals surface area contributed by atoms with Gasteiger partial charge in [0, 0.05) is 6.42 Å². The van der Waals surface area contributed by atoms with Crippen LogP contribution < -0.4 is 10.6 Å². The molecule has 0 heterocycles. The highest BCUT2D eigenvalue weighted by atomic mass is 31.2. The lowest BCUT2D eigenvalue weighted by molar-refractivity contribution is -0.143. The molecule has 31 heavy (non-hydrogen) atoms. The van der Waals surface area contributed by atoms with Crippen LogP contribution in [0.1, 0.15) is 31.2 Å². The van der Waals surface area contributed by atoms with Crippen LogP contribution in [0.4, 0.5) is 0 Å². The lowest BCUT2D eigenvalue weighted by Crippen LogP contribution is -2.58. The number of hydrogen-bond donors (Lipinski definition) is 5. The van der Waals surface area contributed by atoms with Gasteiger partial charge >= 0.3 is 13.6 Å². The van der Waals surface area contributed by atoms with Crippen LogP contribution in [0.3, 0.4) is 0 Å². The van der Waals surface area contributed by atoms with E-state index in [0.717, 1.165) is 29.5 Å². The molecule has 1 aliphatic carbocycles. The van der Waals surface area contributed by atoms with E-state index in [9.17, 15) is 19.3 Å². The van der Waals surface area contributed by atoms with Crippen molar-refractivity contribution in [3.05, 3.63) is 60.2 Å². The molecule has 0 aromatic heterocycles. The third-order valence-corrected chi connectivity index (χ3v) is 6.19. The Labute approximate surface area is 180 Å². The van der Waals surface area contributed by atoms with Gasteiger partial charge in [-0.25, -0.2) is 4.79 Å². The Hall–Kier alpha value is -2.51. The number of amides is 1. The van der Waals surface area contributed by atoms with Gasteiger partial charge in [0.05, 0.1) is 11.8 Å². The van der Waals surface area contributed by atoms with E-state index in [4.69, 9.17) is 9.79 Å². The Bertz CT molecular complexity index is 952. The molecule has 1 saturated carbocycles. The first-order valence-corrected chi connectivity index (χ1v) is 12.0. The monoisotopic (exact) mass is 446 g/mol. The normalized spacial score (nSPS) is 16.6. The van der Waals surface area contributed by atoms with Gasteiger partial charge in [-0.1, -0.05) is 67.4 Å². The highest BCUT2D eigenvalue weighted by molar-refractivity contribution is 7.51. The van der Waals surface area contributed by atoms with Crippen molar-refractivity contribution in [3.63, 3.8) is 0 Å². The summed E-state index contributed by atoms with van der Waals surface area (Å²) in [6.07, 6.45) is 1.72. The van der Waals surface area contributed by atoms with E-state index in [1.54, 1.807) is 0 Å². The maximum Gasteiger partial charge on any atom is 0.339 e. The zero-order chi connectivity index (χ0) is 22.5. The van der Waals surface area contributed by atoms with Crippen LogP contribution in [0.5, 0.6) is 0 Å². The van der Waals surface area contributed by atoms with Crippen molar-refractivity contribution >= 4 is 19.5 Å². The predicted octanol–water partition coefficient (Wildman–Crippen LogP) is 2.50. The highest BCUT2D eigenvalue weighted by Gasteiger charge is 2.43. The minimum Gasteiger partial charge on any atom is -0.480 e. The second-order valence-electron chi connectivity index (χ2n) is 7.92. The van der Waals surface area contributed by atoms with E-state index in [0.29, 0.717) is 12.8 Å². The molecule has 0 spiro atoms.